The Morgan fingerprint density at radius 3 is 2.96 bits per heavy atom. The SMILES string of the molecule is O=C(c1cccnc1)N1CCC[C@]2(C[C@@H](CN3CCCC3)CO2)C1. The minimum atomic E-state index is -0.111. The molecule has 130 valence electrons. The van der Waals surface area contributed by atoms with Gasteiger partial charge in [0.05, 0.1) is 17.8 Å². The molecular formula is C19H27N3O2. The highest BCUT2D eigenvalue weighted by molar-refractivity contribution is 5.94. The molecule has 0 aliphatic carbocycles. The zero-order valence-corrected chi connectivity index (χ0v) is 14.3. The van der Waals surface area contributed by atoms with Crippen LogP contribution in [-0.2, 0) is 4.74 Å². The van der Waals surface area contributed by atoms with Gasteiger partial charge in [0.15, 0.2) is 0 Å². The summed E-state index contributed by atoms with van der Waals surface area (Å²) in [5, 5.41) is 0. The second-order valence-corrected chi connectivity index (χ2v) is 7.64. The largest absolute Gasteiger partial charge is 0.373 e. The Balaban J connectivity index is 1.38. The number of ether oxygens (including phenoxy) is 1. The zero-order valence-electron chi connectivity index (χ0n) is 14.3. The third-order valence-corrected chi connectivity index (χ3v) is 5.74. The van der Waals surface area contributed by atoms with Crippen molar-refractivity contribution in [3.05, 3.63) is 30.1 Å². The average Bonchev–Trinajstić information content (AvgIpc) is 3.26. The van der Waals surface area contributed by atoms with E-state index in [2.05, 4.69) is 9.88 Å². The zero-order chi connectivity index (χ0) is 16.4. The van der Waals surface area contributed by atoms with Crippen molar-refractivity contribution < 1.29 is 9.53 Å². The molecule has 0 bridgehead atoms. The number of carbonyl (C=O) groups excluding carboxylic acids is 1. The summed E-state index contributed by atoms with van der Waals surface area (Å²) in [6, 6.07) is 3.67. The normalized spacial score (nSPS) is 31.0. The van der Waals surface area contributed by atoms with Gasteiger partial charge in [0.1, 0.15) is 0 Å². The fourth-order valence-electron chi connectivity index (χ4n) is 4.61. The van der Waals surface area contributed by atoms with Crippen LogP contribution in [0.5, 0.6) is 0 Å². The van der Waals surface area contributed by atoms with E-state index in [1.807, 2.05) is 17.0 Å². The number of rotatable bonds is 3. The molecule has 5 nitrogen and oxygen atoms in total. The molecule has 0 radical (unpaired) electrons. The molecule has 3 fully saturated rings. The minimum absolute atomic E-state index is 0.0915. The monoisotopic (exact) mass is 329 g/mol. The number of nitrogens with zero attached hydrogens (tertiary/aromatic N) is 3. The summed E-state index contributed by atoms with van der Waals surface area (Å²) in [5.41, 5.74) is 0.571. The molecule has 4 heterocycles. The lowest BCUT2D eigenvalue weighted by Crippen LogP contribution is -2.50. The van der Waals surface area contributed by atoms with Crippen LogP contribution >= 0.6 is 0 Å². The van der Waals surface area contributed by atoms with Gasteiger partial charge in [-0.05, 0) is 63.2 Å². The number of hydrogen-bond acceptors (Lipinski definition) is 4. The van der Waals surface area contributed by atoms with Crippen molar-refractivity contribution in [2.24, 2.45) is 5.92 Å². The second-order valence-electron chi connectivity index (χ2n) is 7.64. The summed E-state index contributed by atoms with van der Waals surface area (Å²) >= 11 is 0. The molecular weight excluding hydrogens is 302 g/mol. The van der Waals surface area contributed by atoms with Crippen LogP contribution in [0, 0.1) is 5.92 Å². The van der Waals surface area contributed by atoms with Gasteiger partial charge in [-0.15, -0.1) is 0 Å². The molecule has 4 rings (SSSR count). The summed E-state index contributed by atoms with van der Waals surface area (Å²) in [4.78, 5) is 21.3. The first kappa shape index (κ1) is 16.0. The number of piperidine rings is 1. The molecule has 1 aromatic heterocycles. The van der Waals surface area contributed by atoms with Gasteiger partial charge in [0, 0.05) is 32.0 Å². The van der Waals surface area contributed by atoms with Crippen molar-refractivity contribution in [3.8, 4) is 0 Å². The molecule has 0 unspecified atom stereocenters. The molecule has 3 aliphatic rings. The van der Waals surface area contributed by atoms with Crippen LogP contribution in [0.4, 0.5) is 0 Å². The van der Waals surface area contributed by atoms with E-state index in [1.54, 1.807) is 12.4 Å². The van der Waals surface area contributed by atoms with E-state index in [0.29, 0.717) is 11.5 Å². The molecule has 3 aliphatic heterocycles. The van der Waals surface area contributed by atoms with Gasteiger partial charge in [0.2, 0.25) is 0 Å². The Labute approximate surface area is 144 Å². The van der Waals surface area contributed by atoms with Gasteiger partial charge >= 0.3 is 0 Å². The van der Waals surface area contributed by atoms with Crippen molar-refractivity contribution in [1.29, 1.82) is 0 Å². The van der Waals surface area contributed by atoms with E-state index in [1.165, 1.54) is 25.9 Å². The third kappa shape index (κ3) is 3.33. The van der Waals surface area contributed by atoms with E-state index >= 15 is 0 Å². The fraction of sp³-hybridized carbons (Fsp3) is 0.684. The fourth-order valence-corrected chi connectivity index (χ4v) is 4.61. The average molecular weight is 329 g/mol. The molecule has 0 N–H and O–H groups in total. The van der Waals surface area contributed by atoms with Gasteiger partial charge in [-0.2, -0.15) is 0 Å². The van der Waals surface area contributed by atoms with Crippen molar-refractivity contribution >= 4 is 5.91 Å². The van der Waals surface area contributed by atoms with Crippen molar-refractivity contribution in [3.63, 3.8) is 0 Å². The minimum Gasteiger partial charge on any atom is -0.373 e. The predicted molar refractivity (Wildman–Crippen MR) is 91.8 cm³/mol. The summed E-state index contributed by atoms with van der Waals surface area (Å²) in [7, 11) is 0. The molecule has 3 saturated heterocycles. The van der Waals surface area contributed by atoms with Gasteiger partial charge in [0.25, 0.3) is 5.91 Å². The molecule has 1 spiro atoms. The van der Waals surface area contributed by atoms with Gasteiger partial charge in [-0.25, -0.2) is 0 Å². The van der Waals surface area contributed by atoms with Gasteiger partial charge in [-0.1, -0.05) is 0 Å². The van der Waals surface area contributed by atoms with Crippen molar-refractivity contribution in [2.75, 3.05) is 39.3 Å². The van der Waals surface area contributed by atoms with Crippen LogP contribution in [0.2, 0.25) is 0 Å². The lowest BCUT2D eigenvalue weighted by Gasteiger charge is -2.40. The van der Waals surface area contributed by atoms with E-state index in [-0.39, 0.29) is 11.5 Å². The predicted octanol–water partition coefficient (Wildman–Crippen LogP) is 2.19. The van der Waals surface area contributed by atoms with E-state index in [0.717, 1.165) is 45.5 Å². The van der Waals surface area contributed by atoms with Crippen LogP contribution in [0.25, 0.3) is 0 Å². The summed E-state index contributed by atoms with van der Waals surface area (Å²) in [5.74, 6) is 0.713. The maximum Gasteiger partial charge on any atom is 0.255 e. The number of hydrogen-bond donors (Lipinski definition) is 0. The highest BCUT2D eigenvalue weighted by Crippen LogP contribution is 2.38. The lowest BCUT2D eigenvalue weighted by atomic mass is 9.86. The van der Waals surface area contributed by atoms with Crippen LogP contribution in [0.1, 0.15) is 42.5 Å². The quantitative estimate of drug-likeness (QED) is 0.853. The first-order chi connectivity index (χ1) is 11.7. The molecule has 2 atom stereocenters. The van der Waals surface area contributed by atoms with Crippen LogP contribution in [0.3, 0.4) is 0 Å². The Morgan fingerprint density at radius 2 is 2.17 bits per heavy atom. The number of likely N-dealkylation sites (tertiary alicyclic amines) is 2. The van der Waals surface area contributed by atoms with Crippen LogP contribution < -0.4 is 0 Å². The van der Waals surface area contributed by atoms with Gasteiger partial charge < -0.3 is 14.5 Å². The summed E-state index contributed by atoms with van der Waals surface area (Å²) in [6.07, 6.45) is 9.26. The molecule has 1 aromatic rings. The third-order valence-electron chi connectivity index (χ3n) is 5.74. The van der Waals surface area contributed by atoms with Crippen LogP contribution in [0.15, 0.2) is 24.5 Å². The summed E-state index contributed by atoms with van der Waals surface area (Å²) in [6.45, 7) is 6.07. The number of aromatic nitrogens is 1. The standard InChI is InChI=1S/C19H27N3O2/c23-18(17-5-3-7-20-12-17)22-10-4-6-19(15-22)11-16(14-24-19)13-21-8-1-2-9-21/h3,5,7,12,16H,1-2,4,6,8-11,13-15H2/t16-,19-/m0/s1. The van der Waals surface area contributed by atoms with E-state index in [4.69, 9.17) is 4.74 Å². The number of pyridine rings is 1. The topological polar surface area (TPSA) is 45.7 Å². The Hall–Kier alpha value is -1.46. The highest BCUT2D eigenvalue weighted by Gasteiger charge is 2.44. The summed E-state index contributed by atoms with van der Waals surface area (Å²) < 4.78 is 6.28. The van der Waals surface area contributed by atoms with E-state index in [9.17, 15) is 4.79 Å². The smallest absolute Gasteiger partial charge is 0.255 e. The first-order valence-electron chi connectivity index (χ1n) is 9.30. The Kier molecular flexibility index (Phi) is 4.55. The molecule has 0 saturated carbocycles. The maximum absolute atomic E-state index is 12.7. The molecule has 0 aromatic carbocycles. The van der Waals surface area contributed by atoms with Gasteiger partial charge in [-0.3, -0.25) is 9.78 Å². The number of carbonyl (C=O) groups is 1. The first-order valence-corrected chi connectivity index (χ1v) is 9.30. The molecule has 24 heavy (non-hydrogen) atoms. The lowest BCUT2D eigenvalue weighted by molar-refractivity contribution is -0.0450. The maximum atomic E-state index is 12.7. The van der Waals surface area contributed by atoms with Crippen LogP contribution in [-0.4, -0.2) is 65.6 Å². The Bertz CT molecular complexity index is 573. The highest BCUT2D eigenvalue weighted by atomic mass is 16.5. The number of amides is 1. The van der Waals surface area contributed by atoms with Crippen molar-refractivity contribution in [1.82, 2.24) is 14.8 Å². The molecule has 1 amide bonds. The molecule has 5 heteroatoms. The Morgan fingerprint density at radius 1 is 1.29 bits per heavy atom. The second kappa shape index (κ2) is 6.81. The van der Waals surface area contributed by atoms with Crippen molar-refractivity contribution in [2.45, 2.75) is 37.7 Å². The van der Waals surface area contributed by atoms with E-state index < -0.39 is 0 Å².